The minimum atomic E-state index is -4.96. The van der Waals surface area contributed by atoms with E-state index in [2.05, 4.69) is 0 Å². The van der Waals surface area contributed by atoms with E-state index in [1.54, 1.807) is 0 Å². The molecule has 0 aliphatic heterocycles. The summed E-state index contributed by atoms with van der Waals surface area (Å²) < 4.78 is 100.0. The van der Waals surface area contributed by atoms with Crippen molar-refractivity contribution in [2.45, 2.75) is 31.8 Å². The number of aromatic hydroxyl groups is 1. The van der Waals surface area contributed by atoms with Crippen LogP contribution >= 0.6 is 0 Å². The highest BCUT2D eigenvalue weighted by Crippen LogP contribution is 2.36. The fourth-order valence-electron chi connectivity index (χ4n) is 2.38. The topological polar surface area (TPSA) is 38.7 Å². The van der Waals surface area contributed by atoms with Crippen LogP contribution in [0.25, 0.3) is 0 Å². The molecule has 1 N–H and O–H groups in total. The molecule has 0 saturated heterocycles. The predicted octanol–water partition coefficient (Wildman–Crippen LogP) is 6.14. The van der Waals surface area contributed by atoms with Gasteiger partial charge < -0.3 is 14.6 Å². The monoisotopic (exact) mass is 426 g/mol. The first-order valence-corrected chi connectivity index (χ1v) is 8.43. The molecule has 0 unspecified atom stereocenters. The van der Waals surface area contributed by atoms with E-state index in [0.29, 0.717) is 25.0 Å². The average Bonchev–Trinajstić information content (AvgIpc) is 2.61. The van der Waals surface area contributed by atoms with E-state index in [4.69, 9.17) is 9.47 Å². The van der Waals surface area contributed by atoms with Gasteiger partial charge in [0.25, 0.3) is 0 Å². The van der Waals surface area contributed by atoms with Gasteiger partial charge in [-0.2, -0.15) is 26.3 Å². The second-order valence-electron chi connectivity index (χ2n) is 6.11. The maximum atomic E-state index is 12.9. The molecule has 0 atom stereocenters. The SMILES string of the molecule is Oc1cc(OCCCCF)cc(OCc2cc(C(F)(F)F)cc(C(F)(F)F)c2)c1. The lowest BCUT2D eigenvalue weighted by Gasteiger charge is -2.15. The van der Waals surface area contributed by atoms with Crippen molar-refractivity contribution in [1.82, 2.24) is 0 Å². The lowest BCUT2D eigenvalue weighted by atomic mass is 10.1. The summed E-state index contributed by atoms with van der Waals surface area (Å²) in [5, 5.41) is 9.68. The van der Waals surface area contributed by atoms with Gasteiger partial charge in [-0.05, 0) is 36.6 Å². The number of rotatable bonds is 8. The molecule has 0 fully saturated rings. The molecule has 0 heterocycles. The minimum absolute atomic E-state index is 0.0172. The van der Waals surface area contributed by atoms with Gasteiger partial charge in [0.1, 0.15) is 23.9 Å². The number of alkyl halides is 7. The largest absolute Gasteiger partial charge is 0.508 e. The maximum Gasteiger partial charge on any atom is 0.416 e. The van der Waals surface area contributed by atoms with Crippen LogP contribution in [0.3, 0.4) is 0 Å². The molecule has 0 radical (unpaired) electrons. The molecular weight excluding hydrogens is 409 g/mol. The van der Waals surface area contributed by atoms with Crippen molar-refractivity contribution in [2.75, 3.05) is 13.3 Å². The third-order valence-electron chi connectivity index (χ3n) is 3.71. The number of halogens is 7. The third kappa shape index (κ3) is 7.03. The lowest BCUT2D eigenvalue weighted by Crippen LogP contribution is -2.12. The van der Waals surface area contributed by atoms with Gasteiger partial charge >= 0.3 is 12.4 Å². The summed E-state index contributed by atoms with van der Waals surface area (Å²) in [6.45, 7) is -0.943. The number of unbranched alkanes of at least 4 members (excludes halogenated alkanes) is 1. The zero-order chi connectivity index (χ0) is 21.7. The van der Waals surface area contributed by atoms with E-state index < -0.39 is 36.8 Å². The van der Waals surface area contributed by atoms with Crippen molar-refractivity contribution in [3.63, 3.8) is 0 Å². The van der Waals surface area contributed by atoms with Crippen molar-refractivity contribution in [3.05, 3.63) is 53.1 Å². The Balaban J connectivity index is 2.17. The summed E-state index contributed by atoms with van der Waals surface area (Å²) in [7, 11) is 0. The van der Waals surface area contributed by atoms with E-state index in [9.17, 15) is 35.8 Å². The van der Waals surface area contributed by atoms with Crippen LogP contribution < -0.4 is 9.47 Å². The van der Waals surface area contributed by atoms with Gasteiger partial charge in [-0.25, -0.2) is 0 Å². The molecule has 0 aromatic heterocycles. The van der Waals surface area contributed by atoms with Crippen LogP contribution in [0.2, 0.25) is 0 Å². The van der Waals surface area contributed by atoms with E-state index in [0.717, 1.165) is 6.07 Å². The van der Waals surface area contributed by atoms with Crippen molar-refractivity contribution in [3.8, 4) is 17.2 Å². The Labute approximate surface area is 161 Å². The highest BCUT2D eigenvalue weighted by Gasteiger charge is 2.36. The van der Waals surface area contributed by atoms with Crippen LogP contribution in [0.15, 0.2) is 36.4 Å². The van der Waals surface area contributed by atoms with E-state index in [-0.39, 0.29) is 35.5 Å². The smallest absolute Gasteiger partial charge is 0.416 e. The first-order chi connectivity index (χ1) is 13.5. The van der Waals surface area contributed by atoms with Crippen molar-refractivity contribution in [1.29, 1.82) is 0 Å². The second kappa shape index (κ2) is 9.23. The number of hydrogen-bond donors (Lipinski definition) is 1. The van der Waals surface area contributed by atoms with Crippen LogP contribution in [0.4, 0.5) is 30.7 Å². The second-order valence-corrected chi connectivity index (χ2v) is 6.11. The Hall–Kier alpha value is -2.65. The summed E-state index contributed by atoms with van der Waals surface area (Å²) in [5.41, 5.74) is -3.24. The Morgan fingerprint density at radius 1 is 0.724 bits per heavy atom. The summed E-state index contributed by atoms with van der Waals surface area (Å²) >= 11 is 0. The first kappa shape index (κ1) is 22.6. The van der Waals surface area contributed by atoms with Gasteiger partial charge in [0, 0.05) is 18.2 Å². The fraction of sp³-hybridized carbons (Fsp3) is 0.368. The molecule has 0 aliphatic carbocycles. The number of phenols is 1. The van der Waals surface area contributed by atoms with Crippen molar-refractivity contribution in [2.24, 2.45) is 0 Å². The Morgan fingerprint density at radius 3 is 1.79 bits per heavy atom. The molecule has 10 heteroatoms. The molecule has 0 amide bonds. The quantitative estimate of drug-likeness (QED) is 0.407. The van der Waals surface area contributed by atoms with Crippen molar-refractivity contribution < 1.29 is 45.3 Å². The van der Waals surface area contributed by atoms with E-state index in [1.165, 1.54) is 12.1 Å². The standard InChI is InChI=1S/C19H17F7O3/c20-3-1-2-4-28-16-8-15(27)9-17(10-16)29-11-12-5-13(18(21,22)23)7-14(6-12)19(24,25)26/h5-10,27H,1-4,11H2. The molecule has 0 bridgehead atoms. The molecule has 2 rings (SSSR count). The number of hydrogen-bond acceptors (Lipinski definition) is 3. The van der Waals surface area contributed by atoms with Gasteiger partial charge in [0.2, 0.25) is 0 Å². The molecule has 29 heavy (non-hydrogen) atoms. The molecule has 3 nitrogen and oxygen atoms in total. The zero-order valence-corrected chi connectivity index (χ0v) is 14.9. The molecule has 2 aromatic carbocycles. The van der Waals surface area contributed by atoms with Gasteiger partial charge in [0.05, 0.1) is 24.4 Å². The molecule has 0 aliphatic rings. The summed E-state index contributed by atoms with van der Waals surface area (Å²) in [6.07, 6.45) is -9.20. The summed E-state index contributed by atoms with van der Waals surface area (Å²) in [6, 6.07) is 4.84. The third-order valence-corrected chi connectivity index (χ3v) is 3.71. The Bertz CT molecular complexity index is 784. The van der Waals surface area contributed by atoms with Crippen LogP contribution in [0, 0.1) is 0 Å². The van der Waals surface area contributed by atoms with Crippen LogP contribution in [-0.2, 0) is 19.0 Å². The van der Waals surface area contributed by atoms with Crippen molar-refractivity contribution >= 4 is 0 Å². The van der Waals surface area contributed by atoms with Gasteiger partial charge in [-0.3, -0.25) is 4.39 Å². The Morgan fingerprint density at radius 2 is 1.28 bits per heavy atom. The lowest BCUT2D eigenvalue weighted by molar-refractivity contribution is -0.143. The number of benzene rings is 2. The number of phenolic OH excluding ortho intramolecular Hbond substituents is 1. The van der Waals surface area contributed by atoms with Gasteiger partial charge in [0.15, 0.2) is 0 Å². The molecule has 160 valence electrons. The predicted molar refractivity (Wildman–Crippen MR) is 89.6 cm³/mol. The molecule has 0 spiro atoms. The molecule has 0 saturated carbocycles. The van der Waals surface area contributed by atoms with Crippen LogP contribution in [0.1, 0.15) is 29.5 Å². The van der Waals surface area contributed by atoms with Gasteiger partial charge in [-0.15, -0.1) is 0 Å². The van der Waals surface area contributed by atoms with Crippen LogP contribution in [-0.4, -0.2) is 18.4 Å². The normalized spacial score (nSPS) is 12.1. The Kier molecular flexibility index (Phi) is 7.21. The highest BCUT2D eigenvalue weighted by molar-refractivity contribution is 5.41. The minimum Gasteiger partial charge on any atom is -0.508 e. The van der Waals surface area contributed by atoms with Gasteiger partial charge in [-0.1, -0.05) is 0 Å². The number of ether oxygens (including phenoxy) is 2. The fourth-order valence-corrected chi connectivity index (χ4v) is 2.38. The first-order valence-electron chi connectivity index (χ1n) is 8.43. The summed E-state index contributed by atoms with van der Waals surface area (Å²) in [4.78, 5) is 0. The highest BCUT2D eigenvalue weighted by atomic mass is 19.4. The zero-order valence-electron chi connectivity index (χ0n) is 14.9. The molecule has 2 aromatic rings. The van der Waals surface area contributed by atoms with Crippen LogP contribution in [0.5, 0.6) is 17.2 Å². The average molecular weight is 426 g/mol. The van der Waals surface area contributed by atoms with E-state index in [1.807, 2.05) is 0 Å². The maximum absolute atomic E-state index is 12.9. The summed E-state index contributed by atoms with van der Waals surface area (Å²) in [5.74, 6) is -0.127. The molecular formula is C19H17F7O3. The van der Waals surface area contributed by atoms with E-state index >= 15 is 0 Å².